The predicted molar refractivity (Wildman–Crippen MR) is 73.6 cm³/mol. The molecule has 21 heavy (non-hydrogen) atoms. The fourth-order valence-corrected chi connectivity index (χ4v) is 2.57. The van der Waals surface area contributed by atoms with E-state index in [0.29, 0.717) is 5.69 Å². The van der Waals surface area contributed by atoms with Crippen LogP contribution < -0.4 is 10.5 Å². The Hall–Kier alpha value is -2.59. The topological polar surface area (TPSA) is 141 Å². The number of benzene rings is 1. The molecule has 2 rings (SSSR count). The summed E-state index contributed by atoms with van der Waals surface area (Å²) in [5.74, 6) is 0. The second-order valence-electron chi connectivity index (χ2n) is 4.00. The summed E-state index contributed by atoms with van der Waals surface area (Å²) in [7, 11) is -3.84. The van der Waals surface area contributed by atoms with E-state index in [1.54, 1.807) is 6.07 Å². The van der Waals surface area contributed by atoms with E-state index in [1.165, 1.54) is 12.5 Å². The number of sulfonamides is 1. The molecule has 9 nitrogen and oxygen atoms in total. The summed E-state index contributed by atoms with van der Waals surface area (Å²) in [5.41, 5.74) is 5.40. The minimum atomic E-state index is -3.84. The van der Waals surface area contributed by atoms with Crippen molar-refractivity contribution in [3.63, 3.8) is 0 Å². The molecule has 0 unspecified atom stereocenters. The fraction of sp³-hybridized carbons (Fsp3) is 0.0909. The van der Waals surface area contributed by atoms with Gasteiger partial charge in [0, 0.05) is 12.3 Å². The zero-order chi connectivity index (χ0) is 15.5. The Morgan fingerprint density at radius 3 is 2.67 bits per heavy atom. The average molecular weight is 309 g/mol. The number of hydrogen-bond acceptors (Lipinski definition) is 7. The Morgan fingerprint density at radius 2 is 2.10 bits per heavy atom. The third-order valence-electron chi connectivity index (χ3n) is 2.59. The molecule has 0 amide bonds. The maximum atomic E-state index is 12.1. The summed E-state index contributed by atoms with van der Waals surface area (Å²) in [6, 6.07) is 4.78. The smallest absolute Gasteiger partial charge is 0.292 e. The molecule has 0 aliphatic heterocycles. The van der Waals surface area contributed by atoms with Crippen molar-refractivity contribution in [1.29, 1.82) is 0 Å². The van der Waals surface area contributed by atoms with E-state index in [1.807, 2.05) is 0 Å². The molecular formula is C11H11N5O4S. The van der Waals surface area contributed by atoms with Crippen molar-refractivity contribution in [3.05, 3.63) is 52.6 Å². The molecule has 1 heterocycles. The van der Waals surface area contributed by atoms with E-state index in [0.717, 1.165) is 18.2 Å². The lowest BCUT2D eigenvalue weighted by molar-refractivity contribution is -0.383. The van der Waals surface area contributed by atoms with E-state index in [9.17, 15) is 18.5 Å². The molecule has 0 aliphatic carbocycles. The summed E-state index contributed by atoms with van der Waals surface area (Å²) in [6.07, 6.45) is 2.79. The number of rotatable bonds is 5. The lowest BCUT2D eigenvalue weighted by Crippen LogP contribution is -2.23. The highest BCUT2D eigenvalue weighted by atomic mass is 32.2. The van der Waals surface area contributed by atoms with Gasteiger partial charge in [-0.05, 0) is 18.2 Å². The van der Waals surface area contributed by atoms with Gasteiger partial charge in [0.1, 0.15) is 12.0 Å². The van der Waals surface area contributed by atoms with Gasteiger partial charge in [-0.15, -0.1) is 0 Å². The van der Waals surface area contributed by atoms with Crippen LogP contribution in [0.4, 0.5) is 11.4 Å². The second-order valence-corrected chi connectivity index (χ2v) is 5.77. The minimum Gasteiger partial charge on any atom is -0.393 e. The zero-order valence-electron chi connectivity index (χ0n) is 10.6. The Balaban J connectivity index is 2.20. The van der Waals surface area contributed by atoms with E-state index in [2.05, 4.69) is 14.7 Å². The molecule has 1 aromatic carbocycles. The van der Waals surface area contributed by atoms with Crippen molar-refractivity contribution in [2.75, 3.05) is 5.73 Å². The Morgan fingerprint density at radius 1 is 1.33 bits per heavy atom. The van der Waals surface area contributed by atoms with Crippen LogP contribution in [-0.2, 0) is 16.6 Å². The number of hydrogen-bond donors (Lipinski definition) is 2. The number of nitrogens with zero attached hydrogens (tertiary/aromatic N) is 3. The molecule has 0 saturated heterocycles. The highest BCUT2D eigenvalue weighted by molar-refractivity contribution is 7.89. The highest BCUT2D eigenvalue weighted by Gasteiger charge is 2.19. The molecule has 10 heteroatoms. The second kappa shape index (κ2) is 5.81. The zero-order valence-corrected chi connectivity index (χ0v) is 11.4. The van der Waals surface area contributed by atoms with E-state index >= 15 is 0 Å². The van der Waals surface area contributed by atoms with Gasteiger partial charge in [0.25, 0.3) is 5.69 Å². The normalized spacial score (nSPS) is 11.2. The molecule has 0 radical (unpaired) electrons. The number of anilines is 1. The third kappa shape index (κ3) is 3.49. The number of nitro benzene ring substituents is 1. The lowest BCUT2D eigenvalue weighted by atomic mass is 10.3. The van der Waals surface area contributed by atoms with Gasteiger partial charge < -0.3 is 5.73 Å². The first-order chi connectivity index (χ1) is 9.90. The van der Waals surface area contributed by atoms with Crippen molar-refractivity contribution < 1.29 is 13.3 Å². The van der Waals surface area contributed by atoms with Gasteiger partial charge in [-0.25, -0.2) is 23.1 Å². The monoisotopic (exact) mass is 309 g/mol. The highest BCUT2D eigenvalue weighted by Crippen LogP contribution is 2.24. The van der Waals surface area contributed by atoms with Gasteiger partial charge in [-0.1, -0.05) is 0 Å². The van der Waals surface area contributed by atoms with Crippen LogP contribution in [0.1, 0.15) is 5.69 Å². The van der Waals surface area contributed by atoms with Crippen molar-refractivity contribution in [1.82, 2.24) is 14.7 Å². The molecule has 0 saturated carbocycles. The van der Waals surface area contributed by atoms with Crippen molar-refractivity contribution in [2.24, 2.45) is 0 Å². The van der Waals surface area contributed by atoms with Gasteiger partial charge in [0.05, 0.1) is 22.1 Å². The first kappa shape index (κ1) is 14.8. The number of nitro groups is 1. The average Bonchev–Trinajstić information content (AvgIpc) is 2.46. The van der Waals surface area contributed by atoms with Crippen LogP contribution in [0, 0.1) is 10.1 Å². The third-order valence-corrected chi connectivity index (χ3v) is 3.99. The largest absolute Gasteiger partial charge is 0.393 e. The number of aromatic nitrogens is 2. The van der Waals surface area contributed by atoms with Crippen molar-refractivity contribution >= 4 is 21.4 Å². The Labute approximate surface area is 120 Å². The molecule has 3 N–H and O–H groups in total. The van der Waals surface area contributed by atoms with Crippen LogP contribution in [-0.4, -0.2) is 23.3 Å². The Kier molecular flexibility index (Phi) is 4.10. The molecule has 0 atom stereocenters. The summed E-state index contributed by atoms with van der Waals surface area (Å²) < 4.78 is 26.4. The van der Waals surface area contributed by atoms with Gasteiger partial charge in [-0.3, -0.25) is 10.1 Å². The molecule has 0 fully saturated rings. The first-order valence-corrected chi connectivity index (χ1v) is 7.17. The predicted octanol–water partition coefficient (Wildman–Crippen LogP) is 0.445. The first-order valence-electron chi connectivity index (χ1n) is 5.68. The van der Waals surface area contributed by atoms with Gasteiger partial charge in [0.15, 0.2) is 0 Å². The van der Waals surface area contributed by atoms with Crippen LogP contribution in [0.3, 0.4) is 0 Å². The Bertz CT molecular complexity index is 763. The standard InChI is InChI=1S/C11H11N5O4S/c12-10-5-9(1-2-11(10)16(17)18)21(19,20)15-6-8-3-4-13-7-14-8/h1-5,7,15H,6,12H2. The van der Waals surface area contributed by atoms with E-state index < -0.39 is 14.9 Å². The molecule has 0 aliphatic rings. The molecule has 2 aromatic rings. The number of nitrogens with one attached hydrogen (secondary N) is 1. The van der Waals surface area contributed by atoms with Crippen LogP contribution in [0.5, 0.6) is 0 Å². The molecule has 0 spiro atoms. The van der Waals surface area contributed by atoms with Crippen LogP contribution in [0.15, 0.2) is 41.7 Å². The van der Waals surface area contributed by atoms with Crippen LogP contribution in [0.25, 0.3) is 0 Å². The minimum absolute atomic E-state index is 0.0260. The van der Waals surface area contributed by atoms with E-state index in [-0.39, 0.29) is 22.8 Å². The molecule has 1 aromatic heterocycles. The maximum absolute atomic E-state index is 12.1. The van der Waals surface area contributed by atoms with Crippen molar-refractivity contribution in [3.8, 4) is 0 Å². The number of nitrogen functional groups attached to an aromatic ring is 1. The van der Waals surface area contributed by atoms with Crippen LogP contribution >= 0.6 is 0 Å². The summed E-state index contributed by atoms with van der Waals surface area (Å²) in [6.45, 7) is -0.0260. The molecule has 110 valence electrons. The summed E-state index contributed by atoms with van der Waals surface area (Å²) >= 11 is 0. The summed E-state index contributed by atoms with van der Waals surface area (Å²) in [5, 5.41) is 10.6. The van der Waals surface area contributed by atoms with E-state index in [4.69, 9.17) is 5.73 Å². The summed E-state index contributed by atoms with van der Waals surface area (Å²) in [4.78, 5) is 17.4. The van der Waals surface area contributed by atoms with Gasteiger partial charge in [-0.2, -0.15) is 0 Å². The van der Waals surface area contributed by atoms with Gasteiger partial charge >= 0.3 is 0 Å². The van der Waals surface area contributed by atoms with Crippen LogP contribution in [0.2, 0.25) is 0 Å². The molecular weight excluding hydrogens is 298 g/mol. The lowest BCUT2D eigenvalue weighted by Gasteiger charge is -2.07. The quantitative estimate of drug-likeness (QED) is 0.464. The maximum Gasteiger partial charge on any atom is 0.292 e. The van der Waals surface area contributed by atoms with Gasteiger partial charge in [0.2, 0.25) is 10.0 Å². The fourth-order valence-electron chi connectivity index (χ4n) is 1.54. The SMILES string of the molecule is Nc1cc(S(=O)(=O)NCc2ccncn2)ccc1[N+](=O)[O-]. The van der Waals surface area contributed by atoms with Crippen molar-refractivity contribution in [2.45, 2.75) is 11.4 Å². The number of nitrogens with two attached hydrogens (primary N) is 1. The molecule has 0 bridgehead atoms.